The summed E-state index contributed by atoms with van der Waals surface area (Å²) in [4.78, 5) is 0. The maximum atomic E-state index is 12.6. The van der Waals surface area contributed by atoms with Crippen molar-refractivity contribution in [3.05, 3.63) is 97.6 Å². The average Bonchev–Trinajstić information content (AvgIpc) is 3.60. The summed E-state index contributed by atoms with van der Waals surface area (Å²) in [5.41, 5.74) is 27.8. The first-order chi connectivity index (χ1) is 33.3. The van der Waals surface area contributed by atoms with Crippen molar-refractivity contribution >= 4 is 11.4 Å². The van der Waals surface area contributed by atoms with Crippen LogP contribution in [0, 0.1) is 27.7 Å². The number of allylic oxidation sites excluding steroid dienone is 4. The molecule has 0 unspecified atom stereocenters. The Balaban J connectivity index is 1.60. The highest BCUT2D eigenvalue weighted by molar-refractivity contribution is 5.84. The quantitative estimate of drug-likeness (QED) is 0.0468. The molecule has 68 heavy (non-hydrogen) atoms. The minimum Gasteiger partial charge on any atom is -0.493 e. The minimum absolute atomic E-state index is 0.969. The summed E-state index contributed by atoms with van der Waals surface area (Å²) in [7, 11) is 0. The van der Waals surface area contributed by atoms with Crippen LogP contribution < -0.4 is 0 Å². The Hall–Kier alpha value is -2.74. The van der Waals surface area contributed by atoms with Gasteiger partial charge in [0.2, 0.25) is 11.4 Å². The van der Waals surface area contributed by atoms with Crippen molar-refractivity contribution in [3.63, 3.8) is 0 Å². The molecule has 0 spiro atoms. The van der Waals surface area contributed by atoms with Crippen molar-refractivity contribution < 1.29 is 4.70 Å². The third kappa shape index (κ3) is 23.0. The second kappa shape index (κ2) is 38.0. The Morgan fingerprint density at radius 2 is 0.647 bits per heavy atom. The van der Waals surface area contributed by atoms with Crippen LogP contribution >= 0.6 is 0 Å². The van der Waals surface area contributed by atoms with Crippen LogP contribution in [-0.4, -0.2) is 4.70 Å². The molecule has 0 bridgehead atoms. The van der Waals surface area contributed by atoms with E-state index in [0.717, 1.165) is 61.0 Å². The van der Waals surface area contributed by atoms with Gasteiger partial charge in [-0.15, -0.1) is 0 Å². The first kappa shape index (κ1) is 59.6. The monoisotopic (exact) mass is 931 g/mol. The third-order valence-electron chi connectivity index (χ3n) is 15.6. The van der Waals surface area contributed by atoms with Crippen LogP contribution in [0.3, 0.4) is 0 Å². The van der Waals surface area contributed by atoms with Gasteiger partial charge in [0.15, 0.2) is 0 Å². The summed E-state index contributed by atoms with van der Waals surface area (Å²) in [5.74, 6) is 0. The van der Waals surface area contributed by atoms with E-state index in [1.54, 1.807) is 4.70 Å². The maximum Gasteiger partial charge on any atom is 0.215 e. The smallest absolute Gasteiger partial charge is 0.215 e. The van der Waals surface area contributed by atoms with Gasteiger partial charge in [0.1, 0.15) is 0 Å². The summed E-state index contributed by atoms with van der Waals surface area (Å²) >= 11 is 0. The first-order valence-electron chi connectivity index (χ1n) is 30.1. The molecule has 1 heterocycles. The van der Waals surface area contributed by atoms with Crippen molar-refractivity contribution in [2.45, 2.75) is 312 Å². The molecule has 1 aliphatic heterocycles. The van der Waals surface area contributed by atoms with E-state index in [2.05, 4.69) is 91.8 Å². The fourth-order valence-electron chi connectivity index (χ4n) is 11.3. The lowest BCUT2D eigenvalue weighted by molar-refractivity contribution is -0.345. The summed E-state index contributed by atoms with van der Waals surface area (Å²) in [6.45, 7) is 18.4. The zero-order valence-corrected chi connectivity index (χ0v) is 46.6. The number of unbranched alkanes of at least 4 members (excludes halogenated alkanes) is 33. The Morgan fingerprint density at radius 1 is 0.353 bits per heavy atom. The Bertz CT molecular complexity index is 1700. The van der Waals surface area contributed by atoms with Crippen LogP contribution in [-0.2, 0) is 12.8 Å². The molecule has 0 N–H and O–H groups in total. The molecule has 0 amide bonds. The van der Waals surface area contributed by atoms with E-state index in [-0.39, 0.29) is 0 Å². The van der Waals surface area contributed by atoms with E-state index in [4.69, 9.17) is 0 Å². The van der Waals surface area contributed by atoms with Crippen molar-refractivity contribution in [2.24, 2.45) is 0 Å². The predicted octanol–water partition coefficient (Wildman–Crippen LogP) is 22.6. The SMILES string of the molecule is CCCCCCCCCCCCCCCCCCCCCCCCC=CC1=C(c2cc(C)c(CCCCCCCC)c(C)c2)[N+](=[N-])C(c2cc(C)c(CCCCCCCC)c(C)c2)=C1CCCC. The summed E-state index contributed by atoms with van der Waals surface area (Å²) in [5, 5.41) is 0. The van der Waals surface area contributed by atoms with Gasteiger partial charge in [0.05, 0.1) is 5.57 Å². The highest BCUT2D eigenvalue weighted by atomic mass is 15.2. The topological polar surface area (TPSA) is 25.3 Å². The zero-order valence-electron chi connectivity index (χ0n) is 46.6. The number of rotatable bonds is 43. The van der Waals surface area contributed by atoms with Crippen molar-refractivity contribution in [1.82, 2.24) is 0 Å². The van der Waals surface area contributed by atoms with Crippen molar-refractivity contribution in [1.29, 1.82) is 0 Å². The maximum absolute atomic E-state index is 12.6. The number of aryl methyl sites for hydroxylation is 4. The van der Waals surface area contributed by atoms with Gasteiger partial charge in [-0.3, -0.25) is 0 Å². The molecule has 0 saturated carbocycles. The van der Waals surface area contributed by atoms with E-state index in [1.807, 2.05) is 0 Å². The van der Waals surface area contributed by atoms with Crippen LogP contribution in [0.15, 0.2) is 47.6 Å². The van der Waals surface area contributed by atoms with Crippen LogP contribution in [0.1, 0.15) is 316 Å². The van der Waals surface area contributed by atoms with Gasteiger partial charge >= 0.3 is 0 Å². The molecule has 384 valence electrons. The molecule has 1 aliphatic rings. The van der Waals surface area contributed by atoms with E-state index in [9.17, 15) is 5.53 Å². The largest absolute Gasteiger partial charge is 0.493 e. The molecule has 2 aromatic rings. The van der Waals surface area contributed by atoms with Gasteiger partial charge in [0, 0.05) is 16.7 Å². The molecule has 0 saturated heterocycles. The molecule has 0 radical (unpaired) electrons. The molecule has 3 rings (SSSR count). The lowest BCUT2D eigenvalue weighted by atomic mass is 9.90. The first-order valence-corrected chi connectivity index (χ1v) is 30.1. The highest BCUT2D eigenvalue weighted by Gasteiger charge is 2.35. The molecule has 0 aliphatic carbocycles. The normalized spacial score (nSPS) is 13.1. The van der Waals surface area contributed by atoms with Crippen molar-refractivity contribution in [3.8, 4) is 0 Å². The van der Waals surface area contributed by atoms with E-state index < -0.39 is 0 Å². The number of hydrogen-bond donors (Lipinski definition) is 0. The molecule has 2 nitrogen and oxygen atoms in total. The fourth-order valence-corrected chi connectivity index (χ4v) is 11.3. The van der Waals surface area contributed by atoms with Gasteiger partial charge in [-0.25, -0.2) is 4.70 Å². The van der Waals surface area contributed by atoms with Gasteiger partial charge in [-0.2, -0.15) is 0 Å². The lowest BCUT2D eigenvalue weighted by Crippen LogP contribution is -2.06. The van der Waals surface area contributed by atoms with E-state index >= 15 is 0 Å². The standard InChI is InChI=1S/C66H110N2/c1-9-13-17-20-23-24-25-26-27-28-29-30-31-32-33-34-35-36-37-38-39-40-43-46-50-64-63(47-16-12-4)65(59-51-55(5)61(56(6)52-59)48-44-41-21-18-14-10-2)68(67)66(64)60-53-57(7)62(58(8)54-60)49-45-42-22-19-15-11-3/h46,50-54H,9-45,47-49H2,1-8H3. The second-order valence-corrected chi connectivity index (χ2v) is 21.8. The molecule has 0 fully saturated rings. The lowest BCUT2D eigenvalue weighted by Gasteiger charge is -2.16. The molecular formula is C66H110N2. The molecule has 2 heteroatoms. The van der Waals surface area contributed by atoms with Crippen LogP contribution in [0.2, 0.25) is 0 Å². The molecular weight excluding hydrogens is 821 g/mol. The Kier molecular flexibility index (Phi) is 33.3. The van der Waals surface area contributed by atoms with Crippen molar-refractivity contribution in [2.75, 3.05) is 0 Å². The number of hydrogen-bond acceptors (Lipinski definition) is 0. The highest BCUT2D eigenvalue weighted by Crippen LogP contribution is 2.44. The molecule has 2 aromatic carbocycles. The fraction of sp³-hybridized carbons (Fsp3) is 0.727. The second-order valence-electron chi connectivity index (χ2n) is 21.8. The Morgan fingerprint density at radius 3 is 0.985 bits per heavy atom. The number of nitrogens with zero attached hydrogens (tertiary/aromatic N) is 2. The zero-order chi connectivity index (χ0) is 49.0. The van der Waals surface area contributed by atoms with Gasteiger partial charge in [-0.1, -0.05) is 245 Å². The van der Waals surface area contributed by atoms with Crippen LogP contribution in [0.25, 0.3) is 16.9 Å². The summed E-state index contributed by atoms with van der Waals surface area (Å²) in [6, 6.07) is 9.53. The van der Waals surface area contributed by atoms with Crippen LogP contribution in [0.4, 0.5) is 0 Å². The summed E-state index contributed by atoms with van der Waals surface area (Å²) < 4.78 is 1.60. The minimum atomic E-state index is 0.969. The van der Waals surface area contributed by atoms with Gasteiger partial charge < -0.3 is 5.53 Å². The van der Waals surface area contributed by atoms with E-state index in [0.29, 0.717) is 0 Å². The van der Waals surface area contributed by atoms with Gasteiger partial charge in [-0.05, 0) is 137 Å². The molecule has 0 atom stereocenters. The number of benzene rings is 2. The predicted molar refractivity (Wildman–Crippen MR) is 304 cm³/mol. The summed E-state index contributed by atoms with van der Waals surface area (Å²) in [6.07, 6.45) is 58.6. The third-order valence-corrected chi connectivity index (χ3v) is 15.6. The average molecular weight is 932 g/mol. The molecule has 0 aromatic heterocycles. The Labute approximate surface area is 424 Å². The van der Waals surface area contributed by atoms with Gasteiger partial charge in [0.25, 0.3) is 0 Å². The van der Waals surface area contributed by atoms with Crippen LogP contribution in [0.5, 0.6) is 0 Å². The van der Waals surface area contributed by atoms with E-state index in [1.165, 1.54) is 263 Å².